The van der Waals surface area contributed by atoms with Crippen LogP contribution in [0, 0.1) is 16.7 Å². The quantitative estimate of drug-likeness (QED) is 0.597. The average molecular weight is 252 g/mol. The summed E-state index contributed by atoms with van der Waals surface area (Å²) in [6.07, 6.45) is 0.292. The standard InChI is InChI=1S/C13H14ClNO2/c1-13(2,3)7-11(16)17-10-6-4-5-9(8-15)12(10)14/h4-6H,7H2,1-3H3. The minimum Gasteiger partial charge on any atom is -0.425 e. The number of hydrogen-bond donors (Lipinski definition) is 0. The fourth-order valence-electron chi connectivity index (χ4n) is 1.27. The summed E-state index contributed by atoms with van der Waals surface area (Å²) in [4.78, 5) is 11.6. The summed E-state index contributed by atoms with van der Waals surface area (Å²) in [7, 11) is 0. The number of esters is 1. The molecule has 90 valence electrons. The number of benzene rings is 1. The van der Waals surface area contributed by atoms with Crippen LogP contribution in [0.3, 0.4) is 0 Å². The van der Waals surface area contributed by atoms with Crippen molar-refractivity contribution in [2.75, 3.05) is 0 Å². The second kappa shape index (κ2) is 5.20. The largest absolute Gasteiger partial charge is 0.425 e. The Hall–Kier alpha value is -1.53. The molecule has 17 heavy (non-hydrogen) atoms. The van der Waals surface area contributed by atoms with Gasteiger partial charge < -0.3 is 4.74 Å². The van der Waals surface area contributed by atoms with Crippen molar-refractivity contribution in [2.24, 2.45) is 5.41 Å². The summed E-state index contributed by atoms with van der Waals surface area (Å²) in [6, 6.07) is 6.71. The van der Waals surface area contributed by atoms with Crippen LogP contribution >= 0.6 is 11.6 Å². The summed E-state index contributed by atoms with van der Waals surface area (Å²) < 4.78 is 5.14. The van der Waals surface area contributed by atoms with Gasteiger partial charge in [0.2, 0.25) is 0 Å². The first kappa shape index (κ1) is 13.5. The van der Waals surface area contributed by atoms with E-state index in [9.17, 15) is 4.79 Å². The maximum atomic E-state index is 11.6. The Morgan fingerprint density at radius 1 is 1.47 bits per heavy atom. The molecule has 0 unspecified atom stereocenters. The van der Waals surface area contributed by atoms with Gasteiger partial charge >= 0.3 is 5.97 Å². The van der Waals surface area contributed by atoms with Crippen molar-refractivity contribution < 1.29 is 9.53 Å². The summed E-state index contributed by atoms with van der Waals surface area (Å²) in [5.74, 6) is -0.116. The first-order chi connectivity index (χ1) is 7.83. The highest BCUT2D eigenvalue weighted by Gasteiger charge is 2.19. The lowest BCUT2D eigenvalue weighted by atomic mass is 9.92. The molecule has 0 aliphatic carbocycles. The molecule has 1 rings (SSSR count). The van der Waals surface area contributed by atoms with Crippen molar-refractivity contribution in [3.8, 4) is 11.8 Å². The summed E-state index contributed by atoms with van der Waals surface area (Å²) in [6.45, 7) is 5.84. The molecule has 0 aliphatic rings. The Kier molecular flexibility index (Phi) is 4.14. The molecule has 0 saturated carbocycles. The van der Waals surface area contributed by atoms with Crippen LogP contribution in [0.15, 0.2) is 18.2 Å². The van der Waals surface area contributed by atoms with Gasteiger partial charge in [-0.25, -0.2) is 0 Å². The third kappa shape index (κ3) is 4.08. The fourth-order valence-corrected chi connectivity index (χ4v) is 1.47. The van der Waals surface area contributed by atoms with Crippen LogP contribution in [0.2, 0.25) is 5.02 Å². The minimum absolute atomic E-state index is 0.142. The number of carbonyl (C=O) groups is 1. The van der Waals surface area contributed by atoms with Crippen LogP contribution < -0.4 is 4.74 Å². The molecule has 0 bridgehead atoms. The molecule has 0 aliphatic heterocycles. The van der Waals surface area contributed by atoms with Gasteiger partial charge in [-0.3, -0.25) is 4.79 Å². The number of hydrogen-bond acceptors (Lipinski definition) is 3. The molecule has 0 atom stereocenters. The van der Waals surface area contributed by atoms with E-state index in [2.05, 4.69) is 0 Å². The molecule has 4 heteroatoms. The molecule has 0 fully saturated rings. The first-order valence-corrected chi connectivity index (χ1v) is 5.60. The predicted molar refractivity (Wildman–Crippen MR) is 65.9 cm³/mol. The Balaban J connectivity index is 2.83. The zero-order valence-electron chi connectivity index (χ0n) is 10.1. The van der Waals surface area contributed by atoms with Crippen molar-refractivity contribution in [3.05, 3.63) is 28.8 Å². The van der Waals surface area contributed by atoms with Gasteiger partial charge in [-0.1, -0.05) is 38.4 Å². The molecular weight excluding hydrogens is 238 g/mol. The highest BCUT2D eigenvalue weighted by atomic mass is 35.5. The molecule has 0 radical (unpaired) electrons. The smallest absolute Gasteiger partial charge is 0.311 e. The molecule has 1 aromatic carbocycles. The number of rotatable bonds is 2. The van der Waals surface area contributed by atoms with E-state index in [4.69, 9.17) is 21.6 Å². The van der Waals surface area contributed by atoms with Crippen LogP contribution in [0.5, 0.6) is 5.75 Å². The maximum Gasteiger partial charge on any atom is 0.311 e. The molecule has 0 saturated heterocycles. The van der Waals surface area contributed by atoms with E-state index in [1.54, 1.807) is 18.2 Å². The van der Waals surface area contributed by atoms with E-state index in [-0.39, 0.29) is 22.2 Å². The third-order valence-corrected chi connectivity index (χ3v) is 2.37. The van der Waals surface area contributed by atoms with Crippen molar-refractivity contribution in [1.29, 1.82) is 5.26 Å². The molecular formula is C13H14ClNO2. The monoisotopic (exact) mass is 251 g/mol. The molecule has 3 nitrogen and oxygen atoms in total. The zero-order chi connectivity index (χ0) is 13.1. The fraction of sp³-hybridized carbons (Fsp3) is 0.385. The summed E-state index contributed by atoms with van der Waals surface area (Å²) in [5.41, 5.74) is 0.156. The van der Waals surface area contributed by atoms with Crippen molar-refractivity contribution in [2.45, 2.75) is 27.2 Å². The van der Waals surface area contributed by atoms with Gasteiger partial charge in [-0.05, 0) is 17.5 Å². The van der Waals surface area contributed by atoms with E-state index in [0.717, 1.165) is 0 Å². The topological polar surface area (TPSA) is 50.1 Å². The van der Waals surface area contributed by atoms with E-state index < -0.39 is 0 Å². The Bertz CT molecular complexity index is 469. The van der Waals surface area contributed by atoms with Gasteiger partial charge in [0, 0.05) is 0 Å². The normalized spacial score (nSPS) is 10.8. The van der Waals surface area contributed by atoms with Crippen molar-refractivity contribution in [3.63, 3.8) is 0 Å². The lowest BCUT2D eigenvalue weighted by molar-refractivity contribution is -0.136. The number of halogens is 1. The first-order valence-electron chi connectivity index (χ1n) is 5.23. The Morgan fingerprint density at radius 3 is 2.65 bits per heavy atom. The predicted octanol–water partition coefficient (Wildman–Crippen LogP) is 3.55. The van der Waals surface area contributed by atoms with Gasteiger partial charge in [0.1, 0.15) is 11.1 Å². The zero-order valence-corrected chi connectivity index (χ0v) is 10.8. The summed E-state index contributed by atoms with van der Waals surface area (Å²) >= 11 is 5.92. The second-order valence-electron chi connectivity index (χ2n) is 4.94. The molecule has 0 aromatic heterocycles. The lowest BCUT2D eigenvalue weighted by Crippen LogP contribution is -2.17. The molecule has 1 aromatic rings. The maximum absolute atomic E-state index is 11.6. The lowest BCUT2D eigenvalue weighted by Gasteiger charge is -2.16. The van der Waals surface area contributed by atoms with E-state index in [0.29, 0.717) is 12.0 Å². The Labute approximate surface area is 106 Å². The SMILES string of the molecule is CC(C)(C)CC(=O)Oc1cccc(C#N)c1Cl. The molecule has 0 heterocycles. The van der Waals surface area contributed by atoms with Gasteiger partial charge in [0.05, 0.1) is 12.0 Å². The van der Waals surface area contributed by atoms with Gasteiger partial charge in [0.25, 0.3) is 0 Å². The van der Waals surface area contributed by atoms with Crippen LogP contribution in [0.25, 0.3) is 0 Å². The number of nitriles is 1. The molecule has 0 amide bonds. The van der Waals surface area contributed by atoms with Crippen LogP contribution in [-0.4, -0.2) is 5.97 Å². The highest BCUT2D eigenvalue weighted by Crippen LogP contribution is 2.29. The van der Waals surface area contributed by atoms with E-state index >= 15 is 0 Å². The van der Waals surface area contributed by atoms with Crippen LogP contribution in [-0.2, 0) is 4.79 Å². The third-order valence-electron chi connectivity index (χ3n) is 1.98. The van der Waals surface area contributed by atoms with Gasteiger partial charge in [0.15, 0.2) is 5.75 Å². The second-order valence-corrected chi connectivity index (χ2v) is 5.32. The van der Waals surface area contributed by atoms with Crippen LogP contribution in [0.1, 0.15) is 32.8 Å². The van der Waals surface area contributed by atoms with Gasteiger partial charge in [-0.15, -0.1) is 0 Å². The highest BCUT2D eigenvalue weighted by molar-refractivity contribution is 6.33. The molecule has 0 N–H and O–H groups in total. The molecule has 0 spiro atoms. The van der Waals surface area contributed by atoms with Gasteiger partial charge in [-0.2, -0.15) is 5.26 Å². The summed E-state index contributed by atoms with van der Waals surface area (Å²) in [5, 5.41) is 8.97. The number of ether oxygens (including phenoxy) is 1. The minimum atomic E-state index is -0.352. The Morgan fingerprint density at radius 2 is 2.12 bits per heavy atom. The average Bonchev–Trinajstić information content (AvgIpc) is 2.18. The van der Waals surface area contributed by atoms with E-state index in [1.807, 2.05) is 26.8 Å². The van der Waals surface area contributed by atoms with Crippen molar-refractivity contribution >= 4 is 17.6 Å². The van der Waals surface area contributed by atoms with E-state index in [1.165, 1.54) is 0 Å². The number of nitrogens with zero attached hydrogens (tertiary/aromatic N) is 1. The number of carbonyl (C=O) groups excluding carboxylic acids is 1. The van der Waals surface area contributed by atoms with Crippen LogP contribution in [0.4, 0.5) is 0 Å². The van der Waals surface area contributed by atoms with Crippen molar-refractivity contribution in [1.82, 2.24) is 0 Å².